The van der Waals surface area contributed by atoms with Crippen molar-refractivity contribution < 1.29 is 4.79 Å². The lowest BCUT2D eigenvalue weighted by atomic mass is 9.99. The molecule has 3 heteroatoms. The zero-order valence-electron chi connectivity index (χ0n) is 11.6. The van der Waals surface area contributed by atoms with Gasteiger partial charge in [0.1, 0.15) is 6.42 Å². The summed E-state index contributed by atoms with van der Waals surface area (Å²) in [6, 6.07) is 15.7. The van der Waals surface area contributed by atoms with Gasteiger partial charge < -0.3 is 5.32 Å². The highest BCUT2D eigenvalue weighted by Gasteiger charge is 2.08. The van der Waals surface area contributed by atoms with Crippen LogP contribution in [0.4, 0.5) is 5.69 Å². The van der Waals surface area contributed by atoms with Crippen LogP contribution in [0.1, 0.15) is 17.5 Å². The van der Waals surface area contributed by atoms with Crippen molar-refractivity contribution in [2.45, 2.75) is 20.3 Å². The van der Waals surface area contributed by atoms with Gasteiger partial charge in [-0.3, -0.25) is 4.79 Å². The van der Waals surface area contributed by atoms with Gasteiger partial charge in [0.05, 0.1) is 6.07 Å². The summed E-state index contributed by atoms with van der Waals surface area (Å²) < 4.78 is 0. The molecule has 2 aromatic carbocycles. The van der Waals surface area contributed by atoms with Crippen LogP contribution in [0.2, 0.25) is 0 Å². The smallest absolute Gasteiger partial charge is 0.238 e. The Bertz CT molecular complexity index is 684. The van der Waals surface area contributed by atoms with E-state index in [1.165, 1.54) is 11.1 Å². The highest BCUT2D eigenvalue weighted by Crippen LogP contribution is 2.29. The summed E-state index contributed by atoms with van der Waals surface area (Å²) in [6.07, 6.45) is -0.138. The van der Waals surface area contributed by atoms with Crippen LogP contribution < -0.4 is 5.32 Å². The molecule has 0 saturated carbocycles. The van der Waals surface area contributed by atoms with Gasteiger partial charge in [0.25, 0.3) is 0 Å². The number of hydrogen-bond acceptors (Lipinski definition) is 2. The molecule has 0 aliphatic heterocycles. The molecule has 0 unspecified atom stereocenters. The fourth-order valence-corrected chi connectivity index (χ4v) is 2.02. The topological polar surface area (TPSA) is 52.9 Å². The molecule has 100 valence electrons. The average molecular weight is 264 g/mol. The number of benzene rings is 2. The lowest BCUT2D eigenvalue weighted by Crippen LogP contribution is -2.10. The number of rotatable bonds is 3. The standard InChI is InChI=1S/C17H16N2O/c1-12-7-8-14(11-13(12)2)15-5-3-4-6-16(15)19-17(20)9-10-18/h3-8,11H,9H2,1-2H3,(H,19,20). The van der Waals surface area contributed by atoms with Crippen LogP contribution in [-0.4, -0.2) is 5.91 Å². The van der Waals surface area contributed by atoms with Crippen LogP contribution in [0.25, 0.3) is 11.1 Å². The zero-order valence-corrected chi connectivity index (χ0v) is 11.6. The molecule has 0 radical (unpaired) electrons. The van der Waals surface area contributed by atoms with Crippen molar-refractivity contribution in [3.8, 4) is 17.2 Å². The van der Waals surface area contributed by atoms with Gasteiger partial charge in [-0.05, 0) is 36.6 Å². The first-order chi connectivity index (χ1) is 9.61. The number of nitrogens with zero attached hydrogens (tertiary/aromatic N) is 1. The minimum absolute atomic E-state index is 0.138. The molecule has 3 nitrogen and oxygen atoms in total. The molecule has 0 spiro atoms. The summed E-state index contributed by atoms with van der Waals surface area (Å²) in [7, 11) is 0. The number of aryl methyl sites for hydroxylation is 2. The lowest BCUT2D eigenvalue weighted by Gasteiger charge is -2.11. The fraction of sp³-hybridized carbons (Fsp3) is 0.176. The molecular formula is C17H16N2O. The molecule has 0 atom stereocenters. The molecule has 0 aliphatic rings. The van der Waals surface area contributed by atoms with Crippen LogP contribution in [-0.2, 0) is 4.79 Å². The van der Waals surface area contributed by atoms with Crippen molar-refractivity contribution in [3.05, 3.63) is 53.6 Å². The summed E-state index contributed by atoms with van der Waals surface area (Å²) in [5.74, 6) is -0.288. The molecule has 1 amide bonds. The SMILES string of the molecule is Cc1ccc(-c2ccccc2NC(=O)CC#N)cc1C. The number of hydrogen-bond donors (Lipinski definition) is 1. The van der Waals surface area contributed by atoms with E-state index in [2.05, 4.69) is 31.3 Å². The maximum atomic E-state index is 11.6. The maximum absolute atomic E-state index is 11.6. The van der Waals surface area contributed by atoms with E-state index in [0.29, 0.717) is 0 Å². The highest BCUT2D eigenvalue weighted by atomic mass is 16.1. The van der Waals surface area contributed by atoms with Crippen LogP contribution >= 0.6 is 0 Å². The van der Waals surface area contributed by atoms with Gasteiger partial charge >= 0.3 is 0 Å². The van der Waals surface area contributed by atoms with E-state index in [9.17, 15) is 4.79 Å². The van der Waals surface area contributed by atoms with Crippen LogP contribution in [0.3, 0.4) is 0 Å². The zero-order chi connectivity index (χ0) is 14.5. The second-order valence-electron chi connectivity index (χ2n) is 4.73. The second kappa shape index (κ2) is 6.03. The van der Waals surface area contributed by atoms with Crippen LogP contribution in [0, 0.1) is 25.2 Å². The third kappa shape index (κ3) is 3.04. The van der Waals surface area contributed by atoms with Crippen LogP contribution in [0.5, 0.6) is 0 Å². The van der Waals surface area contributed by atoms with Crippen molar-refractivity contribution in [1.29, 1.82) is 5.26 Å². The molecule has 0 fully saturated rings. The summed E-state index contributed by atoms with van der Waals surface area (Å²) in [5.41, 5.74) is 5.19. The first-order valence-electron chi connectivity index (χ1n) is 6.45. The summed E-state index contributed by atoms with van der Waals surface area (Å²) in [4.78, 5) is 11.6. The van der Waals surface area contributed by atoms with E-state index in [-0.39, 0.29) is 12.3 Å². The van der Waals surface area contributed by atoms with Crippen molar-refractivity contribution in [2.24, 2.45) is 0 Å². The largest absolute Gasteiger partial charge is 0.325 e. The Balaban J connectivity index is 2.39. The quantitative estimate of drug-likeness (QED) is 0.916. The summed E-state index contributed by atoms with van der Waals surface area (Å²) >= 11 is 0. The summed E-state index contributed by atoms with van der Waals surface area (Å²) in [6.45, 7) is 4.13. The minimum atomic E-state index is -0.288. The molecule has 0 aromatic heterocycles. The number of anilines is 1. The number of carbonyl (C=O) groups excluding carboxylic acids is 1. The molecule has 0 heterocycles. The van der Waals surface area contributed by atoms with Gasteiger partial charge in [-0.15, -0.1) is 0 Å². The molecule has 0 saturated heterocycles. The van der Waals surface area contributed by atoms with E-state index in [4.69, 9.17) is 5.26 Å². The number of carbonyl (C=O) groups is 1. The third-order valence-electron chi connectivity index (χ3n) is 3.26. The first-order valence-corrected chi connectivity index (χ1v) is 6.45. The van der Waals surface area contributed by atoms with E-state index >= 15 is 0 Å². The predicted molar refractivity (Wildman–Crippen MR) is 80.2 cm³/mol. The Morgan fingerprint density at radius 3 is 2.60 bits per heavy atom. The second-order valence-corrected chi connectivity index (χ2v) is 4.73. The minimum Gasteiger partial charge on any atom is -0.325 e. The Kier molecular flexibility index (Phi) is 4.17. The Morgan fingerprint density at radius 1 is 1.15 bits per heavy atom. The third-order valence-corrected chi connectivity index (χ3v) is 3.26. The van der Waals surface area contributed by atoms with Gasteiger partial charge in [-0.2, -0.15) is 5.26 Å². The Hall–Kier alpha value is -2.60. The van der Waals surface area contributed by atoms with Crippen molar-refractivity contribution in [1.82, 2.24) is 0 Å². The van der Waals surface area contributed by atoms with Crippen molar-refractivity contribution in [2.75, 3.05) is 5.32 Å². The highest BCUT2D eigenvalue weighted by molar-refractivity contribution is 5.96. The average Bonchev–Trinajstić information content (AvgIpc) is 2.43. The van der Waals surface area contributed by atoms with Gasteiger partial charge in [0.2, 0.25) is 5.91 Å². The Labute approximate surface area is 118 Å². The first kappa shape index (κ1) is 13.8. The molecule has 0 aliphatic carbocycles. The van der Waals surface area contributed by atoms with Crippen molar-refractivity contribution >= 4 is 11.6 Å². The number of para-hydroxylation sites is 1. The monoisotopic (exact) mass is 264 g/mol. The summed E-state index contributed by atoms with van der Waals surface area (Å²) in [5, 5.41) is 11.3. The van der Waals surface area contributed by atoms with E-state index in [1.807, 2.05) is 36.4 Å². The molecule has 2 aromatic rings. The fourth-order valence-electron chi connectivity index (χ4n) is 2.02. The van der Waals surface area contributed by atoms with Gasteiger partial charge in [0.15, 0.2) is 0 Å². The number of nitrogens with one attached hydrogen (secondary N) is 1. The van der Waals surface area contributed by atoms with E-state index < -0.39 is 0 Å². The van der Waals surface area contributed by atoms with Gasteiger partial charge in [-0.25, -0.2) is 0 Å². The molecule has 0 bridgehead atoms. The predicted octanol–water partition coefficient (Wildman–Crippen LogP) is 3.82. The molecular weight excluding hydrogens is 248 g/mol. The number of nitriles is 1. The van der Waals surface area contributed by atoms with Crippen LogP contribution in [0.15, 0.2) is 42.5 Å². The molecule has 2 rings (SSSR count). The van der Waals surface area contributed by atoms with E-state index in [0.717, 1.165) is 16.8 Å². The maximum Gasteiger partial charge on any atom is 0.238 e. The Morgan fingerprint density at radius 2 is 1.90 bits per heavy atom. The normalized spacial score (nSPS) is 9.85. The lowest BCUT2D eigenvalue weighted by molar-refractivity contribution is -0.115. The molecule has 20 heavy (non-hydrogen) atoms. The van der Waals surface area contributed by atoms with Gasteiger partial charge in [0, 0.05) is 11.3 Å². The van der Waals surface area contributed by atoms with E-state index in [1.54, 1.807) is 0 Å². The van der Waals surface area contributed by atoms with Gasteiger partial charge in [-0.1, -0.05) is 36.4 Å². The molecule has 1 N–H and O–H groups in total. The van der Waals surface area contributed by atoms with Crippen molar-refractivity contribution in [3.63, 3.8) is 0 Å². The number of amides is 1.